The van der Waals surface area contributed by atoms with E-state index in [9.17, 15) is 15.3 Å². The third-order valence-electron chi connectivity index (χ3n) is 1.76. The van der Waals surface area contributed by atoms with Gasteiger partial charge >= 0.3 is 17.4 Å². The fourth-order valence-corrected chi connectivity index (χ4v) is 0.485. The molecule has 0 aliphatic carbocycles. The van der Waals surface area contributed by atoms with Crippen molar-refractivity contribution in [1.29, 1.82) is 0 Å². The summed E-state index contributed by atoms with van der Waals surface area (Å²) in [6, 6.07) is 0. The second kappa shape index (κ2) is 23.6. The fourth-order valence-electron chi connectivity index (χ4n) is 0.485. The minimum atomic E-state index is -0.667. The van der Waals surface area contributed by atoms with E-state index < -0.39 is 23.7 Å². The summed E-state index contributed by atoms with van der Waals surface area (Å²) in [4.78, 5) is 0. The molecule has 3 N–H and O–H groups in total. The monoisotopic (exact) mass is 338 g/mol. The van der Waals surface area contributed by atoms with Crippen molar-refractivity contribution in [2.45, 2.75) is 73.2 Å². The largest absolute Gasteiger partial charge is 3.00 e. The van der Waals surface area contributed by atoms with Crippen LogP contribution in [0, 0.1) is 5.41 Å². The van der Waals surface area contributed by atoms with Crippen LogP contribution >= 0.6 is 0 Å². The van der Waals surface area contributed by atoms with Crippen LogP contribution in [0.3, 0.4) is 0 Å². The van der Waals surface area contributed by atoms with Crippen LogP contribution in [0.5, 0.6) is 0 Å². The Balaban J connectivity index is -0.0000000632. The van der Waals surface area contributed by atoms with Gasteiger partial charge in [-0.25, -0.2) is 0 Å². The van der Waals surface area contributed by atoms with Crippen LogP contribution in [0.15, 0.2) is 0 Å². The Hall–Kier alpha value is 0.292. The second-order valence-corrected chi connectivity index (χ2v) is 5.47. The molecule has 0 aromatic heterocycles. The molecular weight excluding hydrogens is 303 g/mol. The first-order valence-corrected chi connectivity index (χ1v) is 7.24. The smallest absolute Gasteiger partial charge is 0.852 e. The van der Waals surface area contributed by atoms with Gasteiger partial charge in [0.05, 0.1) is 19.8 Å². The summed E-state index contributed by atoms with van der Waals surface area (Å²) in [6.07, 6.45) is -0.656. The van der Waals surface area contributed by atoms with E-state index >= 15 is 0 Å². The van der Waals surface area contributed by atoms with Crippen LogP contribution < -0.4 is 15.3 Å². The maximum absolute atomic E-state index is 9.53. The molecule has 0 bridgehead atoms. The third kappa shape index (κ3) is 50.0. The zero-order valence-electron chi connectivity index (χ0n) is 15.2. The number of aliphatic hydroxyl groups is 3. The molecule has 0 radical (unpaired) electrons. The molecule has 0 spiro atoms. The molecule has 0 fully saturated rings. The molecule has 134 valence electrons. The van der Waals surface area contributed by atoms with E-state index in [4.69, 9.17) is 15.3 Å². The number of rotatable bonds is 4. The molecule has 0 amide bonds. The Bertz CT molecular complexity index is 133. The van der Waals surface area contributed by atoms with Crippen LogP contribution in [-0.2, 0) is 0 Å². The van der Waals surface area contributed by atoms with Crippen LogP contribution in [-0.4, -0.2) is 70.8 Å². The van der Waals surface area contributed by atoms with E-state index in [0.717, 1.165) is 0 Å². The van der Waals surface area contributed by atoms with Crippen molar-refractivity contribution in [2.75, 3.05) is 19.8 Å². The van der Waals surface area contributed by atoms with Crippen molar-refractivity contribution in [1.82, 2.24) is 0 Å². The molecule has 0 saturated heterocycles. The number of hydrogen-bond acceptors (Lipinski definition) is 6. The average Bonchev–Trinajstić information content (AvgIpc) is 2.30. The van der Waals surface area contributed by atoms with Crippen molar-refractivity contribution in [3.63, 3.8) is 0 Å². The molecular formula is C15H35AlO6. The first-order valence-electron chi connectivity index (χ1n) is 7.24. The molecule has 0 aromatic rings. The predicted octanol–water partition coefficient (Wildman–Crippen LogP) is -1.76. The van der Waals surface area contributed by atoms with Gasteiger partial charge in [-0.15, -0.1) is 18.3 Å². The molecule has 0 unspecified atom stereocenters. The molecule has 6 nitrogen and oxygen atoms in total. The van der Waals surface area contributed by atoms with Gasteiger partial charge in [0.2, 0.25) is 0 Å². The normalized spacial score (nSPS) is 9.82. The summed E-state index contributed by atoms with van der Waals surface area (Å²) >= 11 is 0. The summed E-state index contributed by atoms with van der Waals surface area (Å²) in [7, 11) is 0. The minimum Gasteiger partial charge on any atom is -0.852 e. The summed E-state index contributed by atoms with van der Waals surface area (Å²) in [6.45, 7) is 11.0. The quantitative estimate of drug-likeness (QED) is 0.521. The minimum absolute atomic E-state index is 0. The van der Waals surface area contributed by atoms with Gasteiger partial charge in [-0.05, 0) is 6.42 Å². The molecule has 7 heteroatoms. The van der Waals surface area contributed by atoms with Gasteiger partial charge in [-0.3, -0.25) is 0 Å². The third-order valence-corrected chi connectivity index (χ3v) is 1.76. The molecule has 22 heavy (non-hydrogen) atoms. The zero-order chi connectivity index (χ0) is 18.1. The summed E-state index contributed by atoms with van der Waals surface area (Å²) in [5, 5.41) is 54.6. The number of hydrogen-bond donors (Lipinski definition) is 3. The van der Waals surface area contributed by atoms with Crippen molar-refractivity contribution in [2.24, 2.45) is 5.41 Å². The Kier molecular flexibility index (Phi) is 36.2. The molecule has 0 rings (SSSR count). The Morgan fingerprint density at radius 3 is 0.818 bits per heavy atom. The summed E-state index contributed by atoms with van der Waals surface area (Å²) < 4.78 is 0. The van der Waals surface area contributed by atoms with Crippen molar-refractivity contribution < 1.29 is 30.6 Å². The van der Waals surface area contributed by atoms with E-state index in [2.05, 4.69) is 0 Å². The van der Waals surface area contributed by atoms with Crippen LogP contribution in [0.4, 0.5) is 0 Å². The van der Waals surface area contributed by atoms with Gasteiger partial charge in [0, 0.05) is 5.41 Å². The van der Waals surface area contributed by atoms with Crippen LogP contribution in [0.25, 0.3) is 0 Å². The molecule has 0 aliphatic rings. The Morgan fingerprint density at radius 2 is 0.818 bits per heavy atom. The SMILES string of the molecule is CC(C)[O-].CC(C)[O-].CC(C)[O-].CCC(CO)(CO)CO.[Al+3]. The van der Waals surface area contributed by atoms with Crippen LogP contribution in [0.2, 0.25) is 0 Å². The van der Waals surface area contributed by atoms with Gasteiger partial charge in [-0.2, -0.15) is 0 Å². The van der Waals surface area contributed by atoms with Gasteiger partial charge in [0.1, 0.15) is 0 Å². The van der Waals surface area contributed by atoms with Crippen LogP contribution in [0.1, 0.15) is 54.9 Å². The molecule has 0 saturated carbocycles. The van der Waals surface area contributed by atoms with E-state index in [-0.39, 0.29) is 37.2 Å². The van der Waals surface area contributed by atoms with E-state index in [0.29, 0.717) is 6.42 Å². The van der Waals surface area contributed by atoms with E-state index in [1.165, 1.54) is 0 Å². The first-order chi connectivity index (χ1) is 9.44. The maximum atomic E-state index is 9.53. The molecule has 0 aliphatic heterocycles. The van der Waals surface area contributed by atoms with Gasteiger partial charge < -0.3 is 30.6 Å². The standard InChI is InChI=1S/C6H14O3.3C3H7O.Al/c1-2-6(3-7,4-8)5-9;3*1-3(2)4;/h7-9H,2-5H2,1H3;3*3H,1-2H3;/q;3*-1;+3. The maximum Gasteiger partial charge on any atom is 3.00 e. The number of aliphatic hydroxyl groups excluding tert-OH is 3. The Labute approximate surface area is 147 Å². The first kappa shape index (κ1) is 33.8. The molecule has 0 aromatic carbocycles. The molecule has 0 atom stereocenters. The van der Waals surface area contributed by atoms with Gasteiger partial charge in [0.15, 0.2) is 0 Å². The summed E-state index contributed by atoms with van der Waals surface area (Å²) in [5.41, 5.74) is -0.667. The van der Waals surface area contributed by atoms with Crippen molar-refractivity contribution in [3.8, 4) is 0 Å². The topological polar surface area (TPSA) is 130 Å². The Morgan fingerprint density at radius 1 is 0.682 bits per heavy atom. The average molecular weight is 338 g/mol. The van der Waals surface area contributed by atoms with Gasteiger partial charge in [-0.1, -0.05) is 48.5 Å². The predicted molar refractivity (Wildman–Crippen MR) is 85.1 cm³/mol. The van der Waals surface area contributed by atoms with E-state index in [1.54, 1.807) is 41.5 Å². The van der Waals surface area contributed by atoms with E-state index in [1.807, 2.05) is 6.92 Å². The second-order valence-electron chi connectivity index (χ2n) is 5.47. The fraction of sp³-hybridized carbons (Fsp3) is 1.00. The zero-order valence-corrected chi connectivity index (χ0v) is 16.4. The molecule has 0 heterocycles. The van der Waals surface area contributed by atoms with Crippen molar-refractivity contribution in [3.05, 3.63) is 0 Å². The van der Waals surface area contributed by atoms with Crippen molar-refractivity contribution >= 4 is 17.4 Å². The summed E-state index contributed by atoms with van der Waals surface area (Å²) in [5.74, 6) is 0. The van der Waals surface area contributed by atoms with Gasteiger partial charge in [0.25, 0.3) is 0 Å².